The molecule has 186 valence electrons. The van der Waals surface area contributed by atoms with Crippen molar-refractivity contribution < 1.29 is 26.7 Å². The Morgan fingerprint density at radius 1 is 0.973 bits per heavy atom. The Morgan fingerprint density at radius 2 is 1.70 bits per heavy atom. The van der Waals surface area contributed by atoms with Crippen molar-refractivity contribution in [2.75, 3.05) is 6.54 Å². The highest BCUT2D eigenvalue weighted by atomic mass is 19.4. The van der Waals surface area contributed by atoms with E-state index in [1.807, 2.05) is 6.07 Å². The Morgan fingerprint density at radius 3 is 2.41 bits per heavy atom. The lowest BCUT2D eigenvalue weighted by molar-refractivity contribution is -0.141. The number of nitriles is 1. The minimum atomic E-state index is -4.72. The van der Waals surface area contributed by atoms with Crippen LogP contribution >= 0.6 is 0 Å². The van der Waals surface area contributed by atoms with Gasteiger partial charge in [-0.05, 0) is 47.5 Å². The molecule has 0 saturated carbocycles. The third-order valence-corrected chi connectivity index (χ3v) is 6.22. The molecule has 2 aromatic heterocycles. The van der Waals surface area contributed by atoms with Crippen molar-refractivity contribution in [1.29, 1.82) is 5.26 Å². The number of halogens is 5. The van der Waals surface area contributed by atoms with Gasteiger partial charge < -0.3 is 9.88 Å². The molecule has 5 nitrogen and oxygen atoms in total. The number of carbonyl (C=O) groups is 1. The normalized spacial score (nSPS) is 13.1. The van der Waals surface area contributed by atoms with E-state index in [9.17, 15) is 32.0 Å². The molecular weight excluding hydrogens is 491 g/mol. The third-order valence-electron chi connectivity index (χ3n) is 6.22. The van der Waals surface area contributed by atoms with Crippen LogP contribution in [0.2, 0.25) is 0 Å². The molecule has 4 aromatic rings. The molecule has 2 aromatic carbocycles. The molecule has 0 aliphatic carbocycles. The maximum absolute atomic E-state index is 13.8. The molecule has 0 saturated heterocycles. The number of nitrogens with one attached hydrogen (secondary N) is 1. The maximum atomic E-state index is 13.8. The number of alkyl halides is 3. The van der Waals surface area contributed by atoms with Gasteiger partial charge in [0.2, 0.25) is 0 Å². The van der Waals surface area contributed by atoms with Gasteiger partial charge in [0.15, 0.2) is 0 Å². The fourth-order valence-electron chi connectivity index (χ4n) is 4.62. The van der Waals surface area contributed by atoms with Gasteiger partial charge >= 0.3 is 6.18 Å². The minimum Gasteiger partial charge on any atom is -0.352 e. The summed E-state index contributed by atoms with van der Waals surface area (Å²) in [4.78, 5) is 16.5. The van der Waals surface area contributed by atoms with Gasteiger partial charge in [-0.2, -0.15) is 18.4 Å². The number of aromatic nitrogens is 2. The van der Waals surface area contributed by atoms with E-state index in [0.717, 1.165) is 18.3 Å². The van der Waals surface area contributed by atoms with Crippen molar-refractivity contribution in [1.82, 2.24) is 14.9 Å². The fraction of sp³-hybridized carbons (Fsp3) is 0.148. The van der Waals surface area contributed by atoms with Crippen LogP contribution in [0.1, 0.15) is 32.9 Å². The summed E-state index contributed by atoms with van der Waals surface area (Å²) in [6, 6.07) is 13.2. The van der Waals surface area contributed by atoms with Crippen molar-refractivity contribution in [2.24, 2.45) is 0 Å². The number of pyridine rings is 1. The Bertz CT molecular complexity index is 1570. The molecule has 5 rings (SSSR count). The lowest BCUT2D eigenvalue weighted by atomic mass is 9.95. The topological polar surface area (TPSA) is 70.7 Å². The summed E-state index contributed by atoms with van der Waals surface area (Å²) in [6.07, 6.45) is -3.33. The predicted molar refractivity (Wildman–Crippen MR) is 124 cm³/mol. The lowest BCUT2D eigenvalue weighted by Gasteiger charge is -2.18. The average molecular weight is 508 g/mol. The van der Waals surface area contributed by atoms with Crippen LogP contribution in [-0.4, -0.2) is 22.0 Å². The standard InChI is InChI=1S/C27H17F5N4O/c28-19-4-1-15(2-5-19)23-24-21(8-10-35-26(24)37)36(14-17-3-6-20(29)11-18(17)13-33)25(23)16-7-9-34-22(12-16)27(30,31)32/h1-7,9,11-12H,8,10,14H2,(H,35,37). The molecule has 1 aliphatic rings. The summed E-state index contributed by atoms with van der Waals surface area (Å²) in [5, 5.41) is 12.3. The van der Waals surface area contributed by atoms with Gasteiger partial charge in [-0.3, -0.25) is 9.78 Å². The quantitative estimate of drug-likeness (QED) is 0.359. The highest BCUT2D eigenvalue weighted by molar-refractivity contribution is 6.07. The van der Waals surface area contributed by atoms with Gasteiger partial charge in [0.05, 0.1) is 22.9 Å². The molecule has 0 radical (unpaired) electrons. The summed E-state index contributed by atoms with van der Waals surface area (Å²) >= 11 is 0. The number of nitrogens with zero attached hydrogens (tertiary/aromatic N) is 3. The van der Waals surface area contributed by atoms with Crippen LogP contribution in [0.25, 0.3) is 22.4 Å². The third kappa shape index (κ3) is 4.44. The van der Waals surface area contributed by atoms with E-state index in [-0.39, 0.29) is 35.5 Å². The van der Waals surface area contributed by atoms with Crippen LogP contribution in [0, 0.1) is 23.0 Å². The summed E-state index contributed by atoms with van der Waals surface area (Å²) in [7, 11) is 0. The summed E-state index contributed by atoms with van der Waals surface area (Å²) in [5.41, 5.74) is 1.30. The second-order valence-corrected chi connectivity index (χ2v) is 8.49. The number of hydrogen-bond donors (Lipinski definition) is 1. The van der Waals surface area contributed by atoms with Crippen LogP contribution in [-0.2, 0) is 19.1 Å². The predicted octanol–water partition coefficient (Wildman–Crippen LogP) is 5.72. The highest BCUT2D eigenvalue weighted by Gasteiger charge is 2.35. The number of hydrogen-bond acceptors (Lipinski definition) is 3. The van der Waals surface area contributed by atoms with Crippen molar-refractivity contribution >= 4 is 5.91 Å². The van der Waals surface area contributed by atoms with E-state index in [0.29, 0.717) is 28.8 Å². The van der Waals surface area contributed by atoms with Gasteiger partial charge in [0.25, 0.3) is 5.91 Å². The molecular formula is C27H17F5N4O. The summed E-state index contributed by atoms with van der Waals surface area (Å²) < 4.78 is 70.0. The van der Waals surface area contributed by atoms with Crippen LogP contribution in [0.3, 0.4) is 0 Å². The molecule has 0 unspecified atom stereocenters. The van der Waals surface area contributed by atoms with Crippen LogP contribution in [0.15, 0.2) is 60.8 Å². The summed E-state index contributed by atoms with van der Waals surface area (Å²) in [6.45, 7) is 0.274. The van der Waals surface area contributed by atoms with Gasteiger partial charge in [0.1, 0.15) is 17.3 Å². The van der Waals surface area contributed by atoms with E-state index in [1.54, 1.807) is 4.57 Å². The van der Waals surface area contributed by atoms with Crippen molar-refractivity contribution in [3.8, 4) is 28.5 Å². The van der Waals surface area contributed by atoms with Crippen LogP contribution in [0.5, 0.6) is 0 Å². The number of rotatable bonds is 4. The Labute approximate surface area is 207 Å². The Kier molecular flexibility index (Phi) is 5.99. The molecule has 1 amide bonds. The molecule has 0 fully saturated rings. The first kappa shape index (κ1) is 24.2. The van der Waals surface area contributed by atoms with E-state index >= 15 is 0 Å². The number of carbonyl (C=O) groups excluding carboxylic acids is 1. The smallest absolute Gasteiger partial charge is 0.352 e. The number of fused-ring (bicyclic) bond motifs is 1. The zero-order valence-corrected chi connectivity index (χ0v) is 19.0. The van der Waals surface area contributed by atoms with Crippen LogP contribution < -0.4 is 5.32 Å². The molecule has 3 heterocycles. The number of benzene rings is 2. The van der Waals surface area contributed by atoms with E-state index < -0.39 is 29.4 Å². The fourth-order valence-corrected chi connectivity index (χ4v) is 4.62. The average Bonchev–Trinajstić information content (AvgIpc) is 3.20. The van der Waals surface area contributed by atoms with E-state index in [2.05, 4.69) is 10.3 Å². The first-order valence-electron chi connectivity index (χ1n) is 11.2. The molecule has 0 bridgehead atoms. The molecule has 0 spiro atoms. The molecule has 1 aliphatic heterocycles. The second-order valence-electron chi connectivity index (χ2n) is 8.49. The number of amides is 1. The SMILES string of the molecule is N#Cc1cc(F)ccc1Cn1c2c(c(-c3ccc(F)cc3)c1-c1ccnc(C(F)(F)F)c1)C(=O)NCC2. The van der Waals surface area contributed by atoms with Crippen molar-refractivity contribution in [3.63, 3.8) is 0 Å². The van der Waals surface area contributed by atoms with Gasteiger partial charge in [0, 0.05) is 42.5 Å². The van der Waals surface area contributed by atoms with Gasteiger partial charge in [-0.1, -0.05) is 18.2 Å². The zero-order valence-electron chi connectivity index (χ0n) is 19.0. The van der Waals surface area contributed by atoms with E-state index in [4.69, 9.17) is 0 Å². The Balaban J connectivity index is 1.85. The monoisotopic (exact) mass is 508 g/mol. The highest BCUT2D eigenvalue weighted by Crippen LogP contribution is 2.42. The Hall–Kier alpha value is -4.52. The van der Waals surface area contributed by atoms with E-state index in [1.165, 1.54) is 42.5 Å². The first-order valence-corrected chi connectivity index (χ1v) is 11.2. The van der Waals surface area contributed by atoms with Gasteiger partial charge in [-0.15, -0.1) is 0 Å². The minimum absolute atomic E-state index is 0.0149. The molecule has 0 atom stereocenters. The summed E-state index contributed by atoms with van der Waals surface area (Å²) in [5.74, 6) is -1.55. The molecule has 10 heteroatoms. The molecule has 1 N–H and O–H groups in total. The van der Waals surface area contributed by atoms with Gasteiger partial charge in [-0.25, -0.2) is 8.78 Å². The van der Waals surface area contributed by atoms with Crippen molar-refractivity contribution in [3.05, 3.63) is 101 Å². The lowest BCUT2D eigenvalue weighted by Crippen LogP contribution is -2.32. The first-order chi connectivity index (χ1) is 17.7. The van der Waals surface area contributed by atoms with Crippen LogP contribution in [0.4, 0.5) is 22.0 Å². The second kappa shape index (κ2) is 9.17. The van der Waals surface area contributed by atoms with Crippen molar-refractivity contribution in [2.45, 2.75) is 19.1 Å². The largest absolute Gasteiger partial charge is 0.433 e. The molecule has 37 heavy (non-hydrogen) atoms. The zero-order chi connectivity index (χ0) is 26.3. The maximum Gasteiger partial charge on any atom is 0.433 e.